The molecule has 2 nitrogen and oxygen atoms in total. The Labute approximate surface area is 127 Å². The zero-order chi connectivity index (χ0) is 14.5. The molecule has 0 spiro atoms. The maximum absolute atomic E-state index is 13.3. The van der Waals surface area contributed by atoms with Gasteiger partial charge in [0.05, 0.1) is 4.34 Å². The van der Waals surface area contributed by atoms with E-state index in [4.69, 9.17) is 16.3 Å². The van der Waals surface area contributed by atoms with Gasteiger partial charge < -0.3 is 10.1 Å². The molecule has 0 bridgehead atoms. The minimum atomic E-state index is -0.253. The smallest absolute Gasteiger partial charge is 0.124 e. The third-order valence-electron chi connectivity index (χ3n) is 2.72. The lowest BCUT2D eigenvalue weighted by Crippen LogP contribution is -2.22. The molecule has 0 fully saturated rings. The van der Waals surface area contributed by atoms with E-state index in [1.165, 1.54) is 23.5 Å². The number of rotatable bonds is 6. The van der Waals surface area contributed by atoms with E-state index in [1.807, 2.05) is 26.0 Å². The van der Waals surface area contributed by atoms with Gasteiger partial charge in [0.15, 0.2) is 0 Å². The molecule has 1 aromatic carbocycles. The number of benzene rings is 1. The highest BCUT2D eigenvalue weighted by Gasteiger charge is 2.07. The molecule has 20 heavy (non-hydrogen) atoms. The Balaban J connectivity index is 2.05. The zero-order valence-electron chi connectivity index (χ0n) is 11.5. The summed E-state index contributed by atoms with van der Waals surface area (Å²) >= 11 is 7.37. The molecule has 0 amide bonds. The molecule has 0 aliphatic rings. The summed E-state index contributed by atoms with van der Waals surface area (Å²) in [7, 11) is 0. The summed E-state index contributed by atoms with van der Waals surface area (Å²) in [6.45, 7) is 5.12. The van der Waals surface area contributed by atoms with E-state index in [0.29, 0.717) is 24.9 Å². The second kappa shape index (κ2) is 7.07. The van der Waals surface area contributed by atoms with E-state index >= 15 is 0 Å². The molecule has 0 saturated carbocycles. The third kappa shape index (κ3) is 4.47. The molecule has 1 heterocycles. The highest BCUT2D eigenvalue weighted by atomic mass is 35.5. The van der Waals surface area contributed by atoms with Crippen molar-refractivity contribution in [3.8, 4) is 5.75 Å². The Hall–Kier alpha value is -1.10. The van der Waals surface area contributed by atoms with Gasteiger partial charge in [0.2, 0.25) is 0 Å². The summed E-state index contributed by atoms with van der Waals surface area (Å²) in [5.41, 5.74) is 0.821. The Morgan fingerprint density at radius 3 is 2.75 bits per heavy atom. The molecular weight excluding hydrogens is 297 g/mol. The Morgan fingerprint density at radius 1 is 1.30 bits per heavy atom. The maximum Gasteiger partial charge on any atom is 0.124 e. The molecule has 0 radical (unpaired) electrons. The quantitative estimate of drug-likeness (QED) is 0.840. The molecule has 0 aliphatic carbocycles. The van der Waals surface area contributed by atoms with Crippen molar-refractivity contribution in [3.05, 3.63) is 50.9 Å². The van der Waals surface area contributed by atoms with Gasteiger partial charge >= 0.3 is 0 Å². The minimum absolute atomic E-state index is 0.253. The number of halogens is 2. The van der Waals surface area contributed by atoms with Gasteiger partial charge in [-0.3, -0.25) is 0 Å². The predicted octanol–water partition coefficient (Wildman–Crippen LogP) is 4.62. The van der Waals surface area contributed by atoms with Gasteiger partial charge in [0.25, 0.3) is 0 Å². The predicted molar refractivity (Wildman–Crippen MR) is 82.0 cm³/mol. The molecule has 0 unspecified atom stereocenters. The fourth-order valence-corrected chi connectivity index (χ4v) is 2.72. The molecule has 108 valence electrons. The number of hydrogen-bond donors (Lipinski definition) is 1. The lowest BCUT2D eigenvalue weighted by Gasteiger charge is -2.13. The fraction of sp³-hybridized carbons (Fsp3) is 0.333. The van der Waals surface area contributed by atoms with Gasteiger partial charge in [-0.2, -0.15) is 0 Å². The van der Waals surface area contributed by atoms with E-state index < -0.39 is 0 Å². The van der Waals surface area contributed by atoms with E-state index in [0.717, 1.165) is 14.8 Å². The van der Waals surface area contributed by atoms with Crippen molar-refractivity contribution < 1.29 is 9.13 Å². The first-order valence-electron chi connectivity index (χ1n) is 6.43. The summed E-state index contributed by atoms with van der Waals surface area (Å²) in [5.74, 6) is 0.446. The average molecular weight is 314 g/mol. The third-order valence-corrected chi connectivity index (χ3v) is 3.93. The van der Waals surface area contributed by atoms with Crippen molar-refractivity contribution in [1.82, 2.24) is 5.32 Å². The molecule has 1 aromatic heterocycles. The Morgan fingerprint density at radius 2 is 2.10 bits per heavy atom. The average Bonchev–Trinajstić information content (AvgIpc) is 2.81. The van der Waals surface area contributed by atoms with Gasteiger partial charge in [0, 0.05) is 23.0 Å². The van der Waals surface area contributed by atoms with E-state index in [1.54, 1.807) is 6.07 Å². The summed E-state index contributed by atoms with van der Waals surface area (Å²) in [5, 5.41) is 3.27. The van der Waals surface area contributed by atoms with Crippen LogP contribution in [0.3, 0.4) is 0 Å². The molecule has 5 heteroatoms. The molecular formula is C15H17ClFNOS. The minimum Gasteiger partial charge on any atom is -0.488 e. The van der Waals surface area contributed by atoms with E-state index in [-0.39, 0.29) is 5.82 Å². The van der Waals surface area contributed by atoms with Gasteiger partial charge in [0.1, 0.15) is 18.2 Å². The highest BCUT2D eigenvalue weighted by molar-refractivity contribution is 7.16. The van der Waals surface area contributed by atoms with Crippen LogP contribution in [0.15, 0.2) is 30.3 Å². The van der Waals surface area contributed by atoms with E-state index in [2.05, 4.69) is 5.32 Å². The van der Waals surface area contributed by atoms with Crippen LogP contribution >= 0.6 is 22.9 Å². The lowest BCUT2D eigenvalue weighted by atomic mass is 10.2. The van der Waals surface area contributed by atoms with Crippen molar-refractivity contribution >= 4 is 22.9 Å². The first-order chi connectivity index (χ1) is 9.54. The van der Waals surface area contributed by atoms with Gasteiger partial charge in [-0.05, 0) is 30.3 Å². The van der Waals surface area contributed by atoms with Crippen LogP contribution in [-0.2, 0) is 13.2 Å². The van der Waals surface area contributed by atoms with Crippen molar-refractivity contribution in [2.24, 2.45) is 0 Å². The first kappa shape index (κ1) is 15.3. The van der Waals surface area contributed by atoms with Crippen molar-refractivity contribution in [3.63, 3.8) is 0 Å². The number of thiophene rings is 1. The van der Waals surface area contributed by atoms with Crippen molar-refractivity contribution in [1.29, 1.82) is 0 Å². The van der Waals surface area contributed by atoms with Crippen molar-refractivity contribution in [2.45, 2.75) is 33.0 Å². The molecule has 0 saturated heterocycles. The van der Waals surface area contributed by atoms with Gasteiger partial charge in [-0.15, -0.1) is 11.3 Å². The molecule has 0 aliphatic heterocycles. The first-order valence-corrected chi connectivity index (χ1v) is 7.63. The van der Waals surface area contributed by atoms with Crippen molar-refractivity contribution in [2.75, 3.05) is 0 Å². The molecule has 1 N–H and O–H groups in total. The number of ether oxygens (including phenoxy) is 1. The number of hydrogen-bond acceptors (Lipinski definition) is 3. The molecule has 0 atom stereocenters. The second-order valence-corrected chi connectivity index (χ2v) is 6.58. The highest BCUT2D eigenvalue weighted by Crippen LogP contribution is 2.25. The standard InChI is InChI=1S/C15H17ClFNOS/c1-10(2)18-8-11-7-12(17)3-5-14(11)19-9-13-4-6-15(16)20-13/h3-7,10,18H,8-9H2,1-2H3. The molecule has 2 rings (SSSR count). The number of nitrogens with one attached hydrogen (secondary N) is 1. The van der Waals surface area contributed by atoms with Crippen LogP contribution in [0.2, 0.25) is 4.34 Å². The summed E-state index contributed by atoms with van der Waals surface area (Å²) in [4.78, 5) is 1.04. The Kier molecular flexibility index (Phi) is 5.40. The van der Waals surface area contributed by atoms with Crippen LogP contribution < -0.4 is 10.1 Å². The van der Waals surface area contributed by atoms with Crippen LogP contribution in [0, 0.1) is 5.82 Å². The van der Waals surface area contributed by atoms with E-state index in [9.17, 15) is 4.39 Å². The zero-order valence-corrected chi connectivity index (χ0v) is 13.0. The van der Waals surface area contributed by atoms with Crippen LogP contribution in [-0.4, -0.2) is 6.04 Å². The summed E-state index contributed by atoms with van der Waals surface area (Å²) < 4.78 is 19.8. The summed E-state index contributed by atoms with van der Waals surface area (Å²) in [6, 6.07) is 8.70. The van der Waals surface area contributed by atoms with Gasteiger partial charge in [-0.1, -0.05) is 25.4 Å². The van der Waals surface area contributed by atoms with Crippen LogP contribution in [0.4, 0.5) is 4.39 Å². The monoisotopic (exact) mass is 313 g/mol. The SMILES string of the molecule is CC(C)NCc1cc(F)ccc1OCc1ccc(Cl)s1. The lowest BCUT2D eigenvalue weighted by molar-refractivity contribution is 0.304. The topological polar surface area (TPSA) is 21.3 Å². The van der Waals surface area contributed by atoms with Crippen LogP contribution in [0.5, 0.6) is 5.75 Å². The summed E-state index contributed by atoms with van der Waals surface area (Å²) in [6.07, 6.45) is 0. The fourth-order valence-electron chi connectivity index (χ4n) is 1.72. The molecule has 2 aromatic rings. The normalized spacial score (nSPS) is 11.1. The maximum atomic E-state index is 13.3. The van der Waals surface area contributed by atoms with Gasteiger partial charge in [-0.25, -0.2) is 4.39 Å². The largest absolute Gasteiger partial charge is 0.488 e. The second-order valence-electron chi connectivity index (χ2n) is 4.78. The van der Waals surface area contributed by atoms with Crippen LogP contribution in [0.25, 0.3) is 0 Å². The Bertz CT molecular complexity index is 571. The van der Waals surface area contributed by atoms with Crippen LogP contribution in [0.1, 0.15) is 24.3 Å².